The lowest BCUT2D eigenvalue weighted by Crippen LogP contribution is -2.37. The number of methoxy groups -OCH3 is 1. The van der Waals surface area contributed by atoms with Crippen LogP contribution in [0.15, 0.2) is 27.6 Å². The molecule has 0 spiro atoms. The Morgan fingerprint density at radius 1 is 1.38 bits per heavy atom. The number of sulfonamides is 1. The Labute approximate surface area is 133 Å². The van der Waals surface area contributed by atoms with Crippen molar-refractivity contribution < 1.29 is 21.6 Å². The summed E-state index contributed by atoms with van der Waals surface area (Å²) in [6.45, 7) is 0. The molecule has 1 aromatic carbocycles. The van der Waals surface area contributed by atoms with Crippen LogP contribution in [-0.2, 0) is 19.9 Å². The molecule has 1 fully saturated rings. The highest BCUT2D eigenvalue weighted by Gasteiger charge is 2.36. The van der Waals surface area contributed by atoms with E-state index in [9.17, 15) is 16.8 Å². The summed E-state index contributed by atoms with van der Waals surface area (Å²) >= 11 is 3.25. The largest absolute Gasteiger partial charge is 0.496 e. The highest BCUT2D eigenvalue weighted by Crippen LogP contribution is 2.30. The maximum absolute atomic E-state index is 12.6. The molecule has 0 N–H and O–H groups in total. The second-order valence-corrected chi connectivity index (χ2v) is 9.96. The molecule has 0 aromatic heterocycles. The van der Waals surface area contributed by atoms with Crippen LogP contribution in [-0.4, -0.2) is 52.8 Å². The monoisotopic (exact) mass is 397 g/mol. The zero-order valence-corrected chi connectivity index (χ0v) is 14.8. The van der Waals surface area contributed by atoms with Crippen molar-refractivity contribution in [3.05, 3.63) is 22.7 Å². The van der Waals surface area contributed by atoms with Crippen LogP contribution in [0.3, 0.4) is 0 Å². The minimum atomic E-state index is -3.74. The Bertz CT molecular complexity index is 745. The maximum atomic E-state index is 12.6. The summed E-state index contributed by atoms with van der Waals surface area (Å²) in [4.78, 5) is 0.0990. The first-order valence-corrected chi connectivity index (χ1v) is 10.2. The number of ether oxygens (including phenoxy) is 1. The van der Waals surface area contributed by atoms with Crippen molar-refractivity contribution in [3.8, 4) is 5.75 Å². The van der Waals surface area contributed by atoms with E-state index in [2.05, 4.69) is 15.9 Å². The SMILES string of the molecule is COc1ccc(S(=O)(=O)N(C)[C@@H]2CCS(=O)(=O)C2)cc1Br. The first-order chi connectivity index (χ1) is 9.67. The highest BCUT2D eigenvalue weighted by molar-refractivity contribution is 9.10. The highest BCUT2D eigenvalue weighted by atomic mass is 79.9. The molecule has 1 aliphatic heterocycles. The number of nitrogens with zero attached hydrogens (tertiary/aromatic N) is 1. The topological polar surface area (TPSA) is 80.8 Å². The first-order valence-electron chi connectivity index (χ1n) is 6.19. The van der Waals surface area contributed by atoms with Gasteiger partial charge in [0.1, 0.15) is 5.75 Å². The van der Waals surface area contributed by atoms with Gasteiger partial charge in [-0.05, 0) is 40.5 Å². The van der Waals surface area contributed by atoms with Gasteiger partial charge in [0.15, 0.2) is 9.84 Å². The third-order valence-electron chi connectivity index (χ3n) is 3.52. The Morgan fingerprint density at radius 2 is 2.05 bits per heavy atom. The van der Waals surface area contributed by atoms with Crippen LogP contribution in [0.2, 0.25) is 0 Å². The van der Waals surface area contributed by atoms with Gasteiger partial charge < -0.3 is 4.74 Å². The molecule has 118 valence electrons. The van der Waals surface area contributed by atoms with Gasteiger partial charge in [-0.25, -0.2) is 16.8 Å². The number of sulfone groups is 1. The Balaban J connectivity index is 2.31. The molecule has 9 heteroatoms. The van der Waals surface area contributed by atoms with Gasteiger partial charge in [0.05, 0.1) is 28.0 Å². The lowest BCUT2D eigenvalue weighted by Gasteiger charge is -2.23. The Kier molecular flexibility index (Phi) is 4.67. The molecule has 1 saturated heterocycles. The minimum absolute atomic E-state index is 0.0316. The normalized spacial score (nSPS) is 21.6. The third kappa shape index (κ3) is 3.41. The van der Waals surface area contributed by atoms with E-state index >= 15 is 0 Å². The van der Waals surface area contributed by atoms with E-state index in [1.54, 1.807) is 6.07 Å². The van der Waals surface area contributed by atoms with E-state index in [4.69, 9.17) is 4.74 Å². The van der Waals surface area contributed by atoms with Gasteiger partial charge in [0.2, 0.25) is 10.0 Å². The van der Waals surface area contributed by atoms with E-state index in [0.29, 0.717) is 16.6 Å². The molecule has 6 nitrogen and oxygen atoms in total. The summed E-state index contributed by atoms with van der Waals surface area (Å²) in [6.07, 6.45) is 0.329. The van der Waals surface area contributed by atoms with Crippen molar-refractivity contribution in [2.45, 2.75) is 17.4 Å². The minimum Gasteiger partial charge on any atom is -0.496 e. The average molecular weight is 398 g/mol. The van der Waals surface area contributed by atoms with Crippen LogP contribution in [0, 0.1) is 0 Å². The molecule has 0 bridgehead atoms. The number of hydrogen-bond donors (Lipinski definition) is 0. The number of hydrogen-bond acceptors (Lipinski definition) is 5. The van der Waals surface area contributed by atoms with E-state index in [1.807, 2.05) is 0 Å². The van der Waals surface area contributed by atoms with Gasteiger partial charge >= 0.3 is 0 Å². The standard InChI is InChI=1S/C12H16BrNO5S2/c1-14(9-5-6-20(15,16)8-9)21(17,18)10-3-4-12(19-2)11(13)7-10/h3-4,7,9H,5-6,8H2,1-2H3/t9-/m1/s1. The predicted octanol–water partition coefficient (Wildman–Crippen LogP) is 1.27. The van der Waals surface area contributed by atoms with Crippen LogP contribution in [0.4, 0.5) is 0 Å². The van der Waals surface area contributed by atoms with Crippen LogP contribution in [0.1, 0.15) is 6.42 Å². The van der Waals surface area contributed by atoms with Crippen LogP contribution in [0.5, 0.6) is 5.75 Å². The van der Waals surface area contributed by atoms with Crippen LogP contribution < -0.4 is 4.74 Å². The number of rotatable bonds is 4. The van der Waals surface area contributed by atoms with Crippen molar-refractivity contribution in [1.82, 2.24) is 4.31 Å². The van der Waals surface area contributed by atoms with Gasteiger partial charge in [-0.1, -0.05) is 0 Å². The number of halogens is 1. The quantitative estimate of drug-likeness (QED) is 0.763. The zero-order valence-electron chi connectivity index (χ0n) is 11.6. The summed E-state index contributed by atoms with van der Waals surface area (Å²) < 4.78 is 54.8. The smallest absolute Gasteiger partial charge is 0.243 e. The van der Waals surface area contributed by atoms with Gasteiger partial charge in [-0.2, -0.15) is 4.31 Å². The summed E-state index contributed by atoms with van der Waals surface area (Å²) in [7, 11) is -3.97. The molecule has 0 saturated carbocycles. The molecule has 1 aliphatic rings. The fourth-order valence-electron chi connectivity index (χ4n) is 2.23. The number of benzene rings is 1. The molecule has 0 radical (unpaired) electrons. The van der Waals surface area contributed by atoms with Crippen LogP contribution >= 0.6 is 15.9 Å². The first kappa shape index (κ1) is 16.7. The molecule has 21 heavy (non-hydrogen) atoms. The second kappa shape index (κ2) is 5.86. The molecule has 1 aromatic rings. The fourth-order valence-corrected chi connectivity index (χ4v) is 6.20. The van der Waals surface area contributed by atoms with E-state index in [-0.39, 0.29) is 16.4 Å². The summed E-state index contributed by atoms with van der Waals surface area (Å²) in [5.74, 6) is 0.434. The molecule has 1 heterocycles. The van der Waals surface area contributed by atoms with E-state index < -0.39 is 25.9 Å². The predicted molar refractivity (Wildman–Crippen MR) is 82.7 cm³/mol. The average Bonchev–Trinajstić information content (AvgIpc) is 2.77. The third-order valence-corrected chi connectivity index (χ3v) is 7.80. The molecule has 2 rings (SSSR count). The lowest BCUT2D eigenvalue weighted by atomic mass is 10.3. The summed E-state index contributed by atoms with van der Waals surface area (Å²) in [5, 5.41) is 0. The van der Waals surface area contributed by atoms with Crippen molar-refractivity contribution in [1.29, 1.82) is 0 Å². The zero-order chi connectivity index (χ0) is 15.8. The Hall–Kier alpha value is -0.640. The molecular formula is C12H16BrNO5S2. The van der Waals surface area contributed by atoms with Gasteiger partial charge in [0.25, 0.3) is 0 Å². The van der Waals surface area contributed by atoms with Crippen LogP contribution in [0.25, 0.3) is 0 Å². The molecular weight excluding hydrogens is 382 g/mol. The maximum Gasteiger partial charge on any atom is 0.243 e. The van der Waals surface area contributed by atoms with Gasteiger partial charge in [-0.15, -0.1) is 0 Å². The molecule has 0 amide bonds. The Morgan fingerprint density at radius 3 is 2.52 bits per heavy atom. The fraction of sp³-hybridized carbons (Fsp3) is 0.500. The molecule has 1 atom stereocenters. The van der Waals surface area contributed by atoms with Gasteiger partial charge in [-0.3, -0.25) is 0 Å². The van der Waals surface area contributed by atoms with Crippen molar-refractivity contribution >= 4 is 35.8 Å². The van der Waals surface area contributed by atoms with Gasteiger partial charge in [0, 0.05) is 13.1 Å². The summed E-state index contributed by atoms with van der Waals surface area (Å²) in [6, 6.07) is 3.93. The lowest BCUT2D eigenvalue weighted by molar-refractivity contribution is 0.393. The second-order valence-electron chi connectivity index (χ2n) is 4.87. The molecule has 0 unspecified atom stereocenters. The van der Waals surface area contributed by atoms with E-state index in [0.717, 1.165) is 4.31 Å². The van der Waals surface area contributed by atoms with Crippen molar-refractivity contribution in [2.24, 2.45) is 0 Å². The van der Waals surface area contributed by atoms with E-state index in [1.165, 1.54) is 26.3 Å². The van der Waals surface area contributed by atoms with Crippen molar-refractivity contribution in [3.63, 3.8) is 0 Å². The molecule has 0 aliphatic carbocycles. The summed E-state index contributed by atoms with van der Waals surface area (Å²) in [5.41, 5.74) is 0. The van der Waals surface area contributed by atoms with Crippen molar-refractivity contribution in [2.75, 3.05) is 25.7 Å².